The average Bonchev–Trinajstić information content (AvgIpc) is 3.10. The first-order valence-corrected chi connectivity index (χ1v) is 9.09. The van der Waals surface area contributed by atoms with Gasteiger partial charge in [-0.25, -0.2) is 8.91 Å². The summed E-state index contributed by atoms with van der Waals surface area (Å²) in [6.07, 6.45) is 2.44. The Hall–Kier alpha value is -2.77. The summed E-state index contributed by atoms with van der Waals surface area (Å²) in [5.74, 6) is -0.327. The van der Waals surface area contributed by atoms with E-state index in [2.05, 4.69) is 21.0 Å². The van der Waals surface area contributed by atoms with E-state index in [1.165, 1.54) is 21.2 Å². The smallest absolute Gasteiger partial charge is 0.276 e. The summed E-state index contributed by atoms with van der Waals surface area (Å²) >= 11 is 3.38. The molecule has 0 aliphatic rings. The standard InChI is InChI=1S/C20H15BrFN3O2/c21-15-3-1-2-14(10-15)19(26)12-24-8-9-25-18(20(24)27)11-17(23-25)13-4-6-16(22)7-5-13/h1-11,19,26H,12H2/t19-/m0/s1. The highest BCUT2D eigenvalue weighted by molar-refractivity contribution is 9.10. The lowest BCUT2D eigenvalue weighted by Crippen LogP contribution is -2.24. The highest BCUT2D eigenvalue weighted by Gasteiger charge is 2.13. The Morgan fingerprint density at radius 3 is 2.63 bits per heavy atom. The van der Waals surface area contributed by atoms with Crippen LogP contribution in [0.25, 0.3) is 16.8 Å². The number of halogens is 2. The fourth-order valence-corrected chi connectivity index (χ4v) is 3.35. The number of rotatable bonds is 4. The molecule has 7 heteroatoms. The molecule has 0 amide bonds. The Bertz CT molecular complexity index is 1170. The third-order valence-corrected chi connectivity index (χ3v) is 4.84. The van der Waals surface area contributed by atoms with Gasteiger partial charge in [-0.2, -0.15) is 5.10 Å². The van der Waals surface area contributed by atoms with Crippen LogP contribution in [0.3, 0.4) is 0 Å². The molecule has 0 aliphatic carbocycles. The van der Waals surface area contributed by atoms with Crippen LogP contribution in [-0.2, 0) is 6.54 Å². The second-order valence-corrected chi connectivity index (χ2v) is 7.11. The average molecular weight is 428 g/mol. The minimum absolute atomic E-state index is 0.128. The number of hydrogen-bond acceptors (Lipinski definition) is 3. The van der Waals surface area contributed by atoms with E-state index in [9.17, 15) is 14.3 Å². The molecule has 4 aromatic rings. The van der Waals surface area contributed by atoms with Gasteiger partial charge in [0.15, 0.2) is 0 Å². The molecule has 4 rings (SSSR count). The minimum atomic E-state index is -0.817. The van der Waals surface area contributed by atoms with Crippen LogP contribution in [0, 0.1) is 5.82 Å². The van der Waals surface area contributed by atoms with Gasteiger partial charge in [0.1, 0.15) is 11.3 Å². The van der Waals surface area contributed by atoms with Crippen LogP contribution in [0.15, 0.2) is 76.3 Å². The molecule has 136 valence electrons. The van der Waals surface area contributed by atoms with Crippen molar-refractivity contribution in [3.05, 3.63) is 93.2 Å². The lowest BCUT2D eigenvalue weighted by atomic mass is 10.1. The van der Waals surface area contributed by atoms with E-state index in [0.717, 1.165) is 15.6 Å². The van der Waals surface area contributed by atoms with Crippen molar-refractivity contribution < 1.29 is 9.50 Å². The van der Waals surface area contributed by atoms with Gasteiger partial charge < -0.3 is 9.67 Å². The molecule has 0 fully saturated rings. The first kappa shape index (κ1) is 17.6. The number of benzene rings is 2. The summed E-state index contributed by atoms with van der Waals surface area (Å²) in [5.41, 5.74) is 2.15. The predicted octanol–water partition coefficient (Wildman–Crippen LogP) is 3.80. The summed E-state index contributed by atoms with van der Waals surface area (Å²) in [6, 6.07) is 14.9. The molecule has 0 saturated heterocycles. The summed E-state index contributed by atoms with van der Waals surface area (Å²) in [5, 5.41) is 14.8. The maximum absolute atomic E-state index is 13.1. The summed E-state index contributed by atoms with van der Waals surface area (Å²) in [4.78, 5) is 12.8. The monoisotopic (exact) mass is 427 g/mol. The van der Waals surface area contributed by atoms with Gasteiger partial charge in [0.2, 0.25) is 0 Å². The van der Waals surface area contributed by atoms with Crippen molar-refractivity contribution in [1.82, 2.24) is 14.2 Å². The van der Waals surface area contributed by atoms with Gasteiger partial charge in [0.25, 0.3) is 5.56 Å². The zero-order valence-electron chi connectivity index (χ0n) is 14.1. The van der Waals surface area contributed by atoms with Gasteiger partial charge >= 0.3 is 0 Å². The molecule has 27 heavy (non-hydrogen) atoms. The quantitative estimate of drug-likeness (QED) is 0.538. The number of nitrogens with zero attached hydrogens (tertiary/aromatic N) is 3. The van der Waals surface area contributed by atoms with Crippen molar-refractivity contribution in [2.24, 2.45) is 0 Å². The van der Waals surface area contributed by atoms with Crippen LogP contribution in [0.1, 0.15) is 11.7 Å². The second-order valence-electron chi connectivity index (χ2n) is 6.19. The van der Waals surface area contributed by atoms with Crippen molar-refractivity contribution in [2.75, 3.05) is 0 Å². The molecule has 5 nitrogen and oxygen atoms in total. The number of aliphatic hydroxyl groups is 1. The van der Waals surface area contributed by atoms with E-state index in [1.54, 1.807) is 30.6 Å². The Labute approximate surface area is 162 Å². The molecular formula is C20H15BrFN3O2. The zero-order valence-corrected chi connectivity index (χ0v) is 15.7. The molecule has 0 unspecified atom stereocenters. The largest absolute Gasteiger partial charge is 0.387 e. The van der Waals surface area contributed by atoms with Crippen molar-refractivity contribution in [2.45, 2.75) is 12.6 Å². The molecule has 1 N–H and O–H groups in total. The number of aliphatic hydroxyl groups excluding tert-OH is 1. The van der Waals surface area contributed by atoms with Crippen molar-refractivity contribution in [3.8, 4) is 11.3 Å². The van der Waals surface area contributed by atoms with Gasteiger partial charge in [0, 0.05) is 22.4 Å². The number of hydrogen-bond donors (Lipinski definition) is 1. The van der Waals surface area contributed by atoms with Crippen LogP contribution in [-0.4, -0.2) is 19.3 Å². The fraction of sp³-hybridized carbons (Fsp3) is 0.100. The summed E-state index contributed by atoms with van der Waals surface area (Å²) in [7, 11) is 0. The third-order valence-electron chi connectivity index (χ3n) is 4.35. The normalized spacial score (nSPS) is 12.4. The SMILES string of the molecule is O=c1c2cc(-c3ccc(F)cc3)nn2ccn1C[C@H](O)c1cccc(Br)c1. The van der Waals surface area contributed by atoms with Crippen molar-refractivity contribution >= 4 is 21.4 Å². The molecule has 1 atom stereocenters. The highest BCUT2D eigenvalue weighted by atomic mass is 79.9. The summed E-state index contributed by atoms with van der Waals surface area (Å²) < 4.78 is 16.9. The molecular weight excluding hydrogens is 413 g/mol. The molecule has 2 heterocycles. The fourth-order valence-electron chi connectivity index (χ4n) is 2.94. The van der Waals surface area contributed by atoms with E-state index in [0.29, 0.717) is 11.2 Å². The Balaban J connectivity index is 1.68. The third kappa shape index (κ3) is 3.56. The second kappa shape index (κ2) is 7.09. The number of fused-ring (bicyclic) bond motifs is 1. The molecule has 0 bridgehead atoms. The van der Waals surface area contributed by atoms with Gasteiger partial charge in [-0.3, -0.25) is 4.79 Å². The molecule has 0 spiro atoms. The Morgan fingerprint density at radius 1 is 1.11 bits per heavy atom. The van der Waals surface area contributed by atoms with Crippen LogP contribution >= 0.6 is 15.9 Å². The van der Waals surface area contributed by atoms with E-state index in [4.69, 9.17) is 0 Å². The molecule has 2 aromatic carbocycles. The maximum atomic E-state index is 13.1. The van der Waals surface area contributed by atoms with Crippen LogP contribution in [0.5, 0.6) is 0 Å². The van der Waals surface area contributed by atoms with Gasteiger partial charge in [-0.1, -0.05) is 28.1 Å². The van der Waals surface area contributed by atoms with E-state index >= 15 is 0 Å². The first-order valence-electron chi connectivity index (χ1n) is 8.29. The van der Waals surface area contributed by atoms with Crippen LogP contribution < -0.4 is 5.56 Å². The van der Waals surface area contributed by atoms with Crippen LogP contribution in [0.2, 0.25) is 0 Å². The first-order chi connectivity index (χ1) is 13.0. The van der Waals surface area contributed by atoms with E-state index in [-0.39, 0.29) is 17.9 Å². The minimum Gasteiger partial charge on any atom is -0.387 e. The number of aromatic nitrogens is 3. The molecule has 0 aliphatic heterocycles. The van der Waals surface area contributed by atoms with Crippen LogP contribution in [0.4, 0.5) is 4.39 Å². The topological polar surface area (TPSA) is 59.5 Å². The van der Waals surface area contributed by atoms with Crippen molar-refractivity contribution in [1.29, 1.82) is 0 Å². The summed E-state index contributed by atoms with van der Waals surface area (Å²) in [6.45, 7) is 0.128. The predicted molar refractivity (Wildman–Crippen MR) is 104 cm³/mol. The maximum Gasteiger partial charge on any atom is 0.276 e. The lowest BCUT2D eigenvalue weighted by molar-refractivity contribution is 0.155. The van der Waals surface area contributed by atoms with Gasteiger partial charge in [0.05, 0.1) is 18.3 Å². The molecule has 2 aromatic heterocycles. The Morgan fingerprint density at radius 2 is 1.89 bits per heavy atom. The highest BCUT2D eigenvalue weighted by Crippen LogP contribution is 2.21. The van der Waals surface area contributed by atoms with Gasteiger partial charge in [-0.05, 0) is 48.0 Å². The molecule has 0 saturated carbocycles. The van der Waals surface area contributed by atoms with E-state index < -0.39 is 6.10 Å². The Kier molecular flexibility index (Phi) is 4.63. The van der Waals surface area contributed by atoms with E-state index in [1.807, 2.05) is 24.3 Å². The van der Waals surface area contributed by atoms with Gasteiger partial charge in [-0.15, -0.1) is 0 Å². The molecule has 0 radical (unpaired) electrons. The zero-order chi connectivity index (χ0) is 19.0. The lowest BCUT2D eigenvalue weighted by Gasteiger charge is -2.13. The van der Waals surface area contributed by atoms with Crippen molar-refractivity contribution in [3.63, 3.8) is 0 Å².